The van der Waals surface area contributed by atoms with Gasteiger partial charge in [0.25, 0.3) is 0 Å². The zero-order chi connectivity index (χ0) is 6.00. The van der Waals surface area contributed by atoms with Gasteiger partial charge in [0.2, 0.25) is 0 Å². The van der Waals surface area contributed by atoms with Gasteiger partial charge in [-0.2, -0.15) is 0 Å². The van der Waals surface area contributed by atoms with Crippen LogP contribution in [0.1, 0.15) is 0 Å². The van der Waals surface area contributed by atoms with Gasteiger partial charge >= 0.3 is 41.7 Å². The van der Waals surface area contributed by atoms with E-state index >= 15 is 0 Å². The third-order valence-corrected chi connectivity index (χ3v) is 0. The average Bonchev–Trinajstić information content (AvgIpc) is 1.81. The Hall–Kier alpha value is 0.597. The van der Waals surface area contributed by atoms with Crippen LogP contribution >= 0.6 is 0 Å². The molecule has 0 bridgehead atoms. The van der Waals surface area contributed by atoms with E-state index in [1.54, 1.807) is 0 Å². The van der Waals surface area contributed by atoms with E-state index in [4.69, 9.17) is 0 Å². The molecule has 0 N–H and O–H groups in total. The summed E-state index contributed by atoms with van der Waals surface area (Å²) in [6.07, 6.45) is 0. The molecule has 0 spiro atoms. The van der Waals surface area contributed by atoms with Crippen LogP contribution in [0.5, 0.6) is 0 Å². The monoisotopic (exact) mass is 221 g/mol. The second-order valence-electron chi connectivity index (χ2n) is 0. The smallest absolute Gasteiger partial charge is 0.521 e. The first kappa shape index (κ1) is 25.6. The first-order valence-electron chi connectivity index (χ1n) is 1.22. The van der Waals surface area contributed by atoms with Crippen LogP contribution in [0, 0.1) is 61.5 Å². The predicted molar refractivity (Wildman–Crippen MR) is 29.8 cm³/mol. The van der Waals surface area contributed by atoms with Crippen molar-refractivity contribution in [2.24, 2.45) is 0 Å². The summed E-state index contributed by atoms with van der Waals surface area (Å²) in [5.41, 5.74) is 0. The van der Waals surface area contributed by atoms with Crippen LogP contribution in [0.15, 0.2) is 19.7 Å². The molecule has 7 heavy (non-hydrogen) atoms. The third kappa shape index (κ3) is 392. The Labute approximate surface area is 80.4 Å². The van der Waals surface area contributed by atoms with Gasteiger partial charge in [-0.15, -0.1) is 0 Å². The van der Waals surface area contributed by atoms with Gasteiger partial charge in [0.15, 0.2) is 0 Å². The van der Waals surface area contributed by atoms with Crippen molar-refractivity contribution in [1.29, 1.82) is 0 Å². The molecule has 0 aliphatic rings. The van der Waals surface area contributed by atoms with Crippen LogP contribution in [0.25, 0.3) is 0 Å². The summed E-state index contributed by atoms with van der Waals surface area (Å²) in [5.74, 6) is 0. The van der Waals surface area contributed by atoms with Gasteiger partial charge in [0.05, 0.1) is 0 Å². The summed E-state index contributed by atoms with van der Waals surface area (Å²) in [5, 5.41) is 0. The Balaban J connectivity index is -0.00000000900. The summed E-state index contributed by atoms with van der Waals surface area (Å²) in [6, 6.07) is 0. The van der Waals surface area contributed by atoms with Crippen LogP contribution in [0.4, 0.5) is 0 Å². The topological polar surface area (TPSA) is 0 Å². The van der Waals surface area contributed by atoms with Gasteiger partial charge in [-0.3, -0.25) is 19.7 Å². The van der Waals surface area contributed by atoms with Crippen molar-refractivity contribution in [3.05, 3.63) is 39.5 Å². The van der Waals surface area contributed by atoms with Crippen LogP contribution in [0.3, 0.4) is 0 Å². The number of hydrogen-bond acceptors (Lipinski definition) is 0. The number of rotatable bonds is 0. The Morgan fingerprint density at radius 3 is 0.571 bits per heavy atom. The predicted octanol–water partition coefficient (Wildman–Crippen LogP) is 1.82. The largest absolute Gasteiger partial charge is 3.00 e. The van der Waals surface area contributed by atoms with Crippen LogP contribution in [-0.2, 0) is 0 Å². The molecule has 1 heteroatoms. The normalized spacial score (nSPS) is 1.71. The van der Waals surface area contributed by atoms with Gasteiger partial charge < -0.3 is 19.7 Å². The zero-order valence-electron chi connectivity index (χ0n) is 4.35. The van der Waals surface area contributed by atoms with E-state index < -0.39 is 0 Å². The van der Waals surface area contributed by atoms with Crippen molar-refractivity contribution in [2.45, 2.75) is 0 Å². The molecule has 0 atom stereocenters. The van der Waals surface area contributed by atoms with E-state index in [2.05, 4.69) is 39.5 Å². The molecule has 0 amide bonds. The molecule has 0 saturated heterocycles. The maximum atomic E-state index is 4.25. The number of hydrogen-bond donors (Lipinski definition) is 0. The Kier molecular flexibility index (Phi) is 2120. The quantitative estimate of drug-likeness (QED) is 0.547. The standard InChI is InChI=1S/3C2H3.Ce/c3*1-2;/h3*1H,2H2;/q3*-1;+3. The molecule has 0 aliphatic carbocycles. The molecule has 0 fully saturated rings. The summed E-state index contributed by atoms with van der Waals surface area (Å²) in [4.78, 5) is 0. The van der Waals surface area contributed by atoms with E-state index in [1.807, 2.05) is 0 Å². The Bertz CT molecular complexity index is 8.90. The fourth-order valence-electron chi connectivity index (χ4n) is 0. The maximum absolute atomic E-state index is 4.25. The Morgan fingerprint density at radius 2 is 0.571 bits per heavy atom. The van der Waals surface area contributed by atoms with Crippen molar-refractivity contribution in [3.8, 4) is 0 Å². The summed E-state index contributed by atoms with van der Waals surface area (Å²) in [7, 11) is 0. The summed E-state index contributed by atoms with van der Waals surface area (Å²) < 4.78 is 0. The second-order valence-corrected chi connectivity index (χ2v) is 0. The molecule has 0 heterocycles. The zero-order valence-corrected chi connectivity index (χ0v) is 7.49. The van der Waals surface area contributed by atoms with Gasteiger partial charge in [-0.05, 0) is 0 Å². The Morgan fingerprint density at radius 1 is 0.571 bits per heavy atom. The molecule has 0 aromatic carbocycles. The van der Waals surface area contributed by atoms with Crippen molar-refractivity contribution in [2.75, 3.05) is 0 Å². The minimum atomic E-state index is 0. The molecular weight excluding hydrogens is 212 g/mol. The fourth-order valence-corrected chi connectivity index (χ4v) is 0. The molecule has 0 rings (SSSR count). The van der Waals surface area contributed by atoms with Gasteiger partial charge in [-0.25, -0.2) is 0 Å². The SMILES string of the molecule is [CH-]=C.[CH-]=C.[CH-]=C.[Ce+3]. The summed E-state index contributed by atoms with van der Waals surface area (Å²) in [6.45, 7) is 21.0. The van der Waals surface area contributed by atoms with Crippen molar-refractivity contribution in [3.63, 3.8) is 0 Å². The van der Waals surface area contributed by atoms with E-state index in [0.29, 0.717) is 0 Å². The van der Waals surface area contributed by atoms with Crippen LogP contribution in [0.2, 0.25) is 0 Å². The molecular formula is C6H9Ce. The van der Waals surface area contributed by atoms with E-state index in [1.165, 1.54) is 0 Å². The average molecular weight is 221 g/mol. The van der Waals surface area contributed by atoms with E-state index in [-0.39, 0.29) is 41.7 Å². The van der Waals surface area contributed by atoms with E-state index in [9.17, 15) is 0 Å². The molecule has 0 nitrogen and oxygen atoms in total. The van der Waals surface area contributed by atoms with E-state index in [0.717, 1.165) is 0 Å². The second kappa shape index (κ2) is 580. The molecule has 0 aromatic heterocycles. The summed E-state index contributed by atoms with van der Waals surface area (Å²) >= 11 is 0. The van der Waals surface area contributed by atoms with Crippen molar-refractivity contribution in [1.82, 2.24) is 0 Å². The van der Waals surface area contributed by atoms with Gasteiger partial charge in [-0.1, -0.05) is 0 Å². The maximum Gasteiger partial charge on any atom is 3.00 e. The molecule has 1 radical (unpaired) electrons. The first-order chi connectivity index (χ1) is 3.00. The van der Waals surface area contributed by atoms with Crippen LogP contribution in [-0.4, -0.2) is 0 Å². The van der Waals surface area contributed by atoms with Gasteiger partial charge in [0.1, 0.15) is 0 Å². The van der Waals surface area contributed by atoms with Crippen LogP contribution < -0.4 is 0 Å². The fraction of sp³-hybridized carbons (Fsp3) is 0. The third-order valence-electron chi connectivity index (χ3n) is 0. The minimum absolute atomic E-state index is 0. The minimum Gasteiger partial charge on any atom is -0.521 e. The molecule has 0 aromatic rings. The van der Waals surface area contributed by atoms with Crippen molar-refractivity contribution < 1.29 is 41.7 Å². The molecule has 0 unspecified atom stereocenters. The molecule has 0 saturated carbocycles. The van der Waals surface area contributed by atoms with Gasteiger partial charge in [0, 0.05) is 0 Å². The van der Waals surface area contributed by atoms with Crippen molar-refractivity contribution >= 4 is 0 Å². The molecule has 0 aliphatic heterocycles. The molecule has 37 valence electrons. The first-order valence-corrected chi connectivity index (χ1v) is 1.22.